The fourth-order valence-corrected chi connectivity index (χ4v) is 4.37. The third kappa shape index (κ3) is 5.92. The molecule has 0 bridgehead atoms. The Morgan fingerprint density at radius 3 is 2.31 bits per heavy atom. The van der Waals surface area contributed by atoms with Crippen molar-refractivity contribution in [3.05, 3.63) is 42.2 Å². The second kappa shape index (κ2) is 9.57. The Morgan fingerprint density at radius 2 is 1.76 bits per heavy atom. The van der Waals surface area contributed by atoms with Crippen LogP contribution in [0.15, 0.2) is 41.6 Å². The van der Waals surface area contributed by atoms with E-state index in [1.54, 1.807) is 24.3 Å². The van der Waals surface area contributed by atoms with E-state index in [4.69, 9.17) is 4.74 Å². The predicted octanol–water partition coefficient (Wildman–Crippen LogP) is 3.76. The maximum absolute atomic E-state index is 11.5. The zero-order valence-corrected chi connectivity index (χ0v) is 18.4. The fourth-order valence-electron chi connectivity index (χ4n) is 3.74. The average molecular weight is 418 g/mol. The topological polar surface area (TPSA) is 72.4 Å². The molecule has 2 heterocycles. The van der Waals surface area contributed by atoms with Crippen molar-refractivity contribution in [1.82, 2.24) is 9.97 Å². The molecular weight excluding hydrogens is 386 g/mol. The molecule has 1 aromatic carbocycles. The molecule has 1 fully saturated rings. The minimum Gasteiger partial charge on any atom is -0.494 e. The number of piperidine rings is 1. The molecule has 6 nitrogen and oxygen atoms in total. The van der Waals surface area contributed by atoms with Gasteiger partial charge in [0.2, 0.25) is 5.95 Å². The molecular formula is C22H31N3O3S. The van der Waals surface area contributed by atoms with E-state index in [1.165, 1.54) is 11.8 Å². The first-order valence-electron chi connectivity index (χ1n) is 10.4. The molecule has 0 spiro atoms. The SMILES string of the molecule is CCc1cnc(N2CCC([C@H](C)CCOc3ccc(S(C)(=O)=O)cc3)CC2)nc1. The van der Waals surface area contributed by atoms with Crippen LogP contribution in [-0.4, -0.2) is 44.3 Å². The van der Waals surface area contributed by atoms with Gasteiger partial charge in [0, 0.05) is 31.7 Å². The molecule has 3 rings (SSSR count). The van der Waals surface area contributed by atoms with E-state index in [1.807, 2.05) is 12.4 Å². The Morgan fingerprint density at radius 1 is 1.14 bits per heavy atom. The van der Waals surface area contributed by atoms with Crippen LogP contribution in [-0.2, 0) is 16.3 Å². The van der Waals surface area contributed by atoms with Gasteiger partial charge in [0.25, 0.3) is 0 Å². The number of anilines is 1. The summed E-state index contributed by atoms with van der Waals surface area (Å²) in [6.07, 6.45) is 9.30. The lowest BCUT2D eigenvalue weighted by molar-refractivity contribution is 0.222. The summed E-state index contributed by atoms with van der Waals surface area (Å²) in [7, 11) is -3.16. The van der Waals surface area contributed by atoms with E-state index in [-0.39, 0.29) is 0 Å². The van der Waals surface area contributed by atoms with Crippen LogP contribution in [0.25, 0.3) is 0 Å². The molecule has 1 aliphatic rings. The maximum atomic E-state index is 11.5. The minimum atomic E-state index is -3.16. The second-order valence-corrected chi connectivity index (χ2v) is 9.94. The molecule has 2 aromatic rings. The smallest absolute Gasteiger partial charge is 0.225 e. The molecule has 1 aliphatic heterocycles. The molecule has 158 valence electrons. The number of ether oxygens (including phenoxy) is 1. The number of sulfone groups is 1. The summed E-state index contributed by atoms with van der Waals surface area (Å²) in [5.74, 6) is 2.81. The van der Waals surface area contributed by atoms with E-state index in [0.717, 1.165) is 44.7 Å². The Bertz CT molecular complexity index is 875. The zero-order valence-electron chi connectivity index (χ0n) is 17.5. The van der Waals surface area contributed by atoms with E-state index in [2.05, 4.69) is 28.7 Å². The summed E-state index contributed by atoms with van der Waals surface area (Å²) in [6.45, 7) is 7.03. The summed E-state index contributed by atoms with van der Waals surface area (Å²) in [5, 5.41) is 0. The van der Waals surface area contributed by atoms with Crippen LogP contribution in [0.4, 0.5) is 5.95 Å². The summed E-state index contributed by atoms with van der Waals surface area (Å²) in [4.78, 5) is 11.6. The van der Waals surface area contributed by atoms with Gasteiger partial charge >= 0.3 is 0 Å². The van der Waals surface area contributed by atoms with Gasteiger partial charge in [-0.3, -0.25) is 0 Å². The number of hydrogen-bond acceptors (Lipinski definition) is 6. The van der Waals surface area contributed by atoms with Crippen molar-refractivity contribution < 1.29 is 13.2 Å². The van der Waals surface area contributed by atoms with E-state index in [0.29, 0.717) is 29.1 Å². The number of hydrogen-bond donors (Lipinski definition) is 0. The first-order chi connectivity index (χ1) is 13.9. The first kappa shape index (κ1) is 21.6. The van der Waals surface area contributed by atoms with Gasteiger partial charge in [0.15, 0.2) is 9.84 Å². The number of benzene rings is 1. The Labute approximate surface area is 174 Å². The van der Waals surface area contributed by atoms with E-state index < -0.39 is 9.84 Å². The lowest BCUT2D eigenvalue weighted by Gasteiger charge is -2.35. The van der Waals surface area contributed by atoms with Gasteiger partial charge in [-0.25, -0.2) is 18.4 Å². The van der Waals surface area contributed by atoms with Crippen LogP contribution in [0.5, 0.6) is 5.75 Å². The van der Waals surface area contributed by atoms with Crippen LogP contribution < -0.4 is 9.64 Å². The summed E-state index contributed by atoms with van der Waals surface area (Å²) in [5.41, 5.74) is 1.17. The molecule has 0 N–H and O–H groups in total. The van der Waals surface area contributed by atoms with Crippen LogP contribution in [0.2, 0.25) is 0 Å². The first-order valence-corrected chi connectivity index (χ1v) is 12.2. The zero-order chi connectivity index (χ0) is 20.9. The standard InChI is InChI=1S/C22H31N3O3S/c1-4-18-15-23-22(24-16-18)25-12-9-19(10-13-25)17(2)11-14-28-20-5-7-21(8-6-20)29(3,26)27/h5-8,15-17,19H,4,9-14H2,1-3H3/t17-/m1/s1. The highest BCUT2D eigenvalue weighted by Crippen LogP contribution is 2.28. The van der Waals surface area contributed by atoms with Gasteiger partial charge in [-0.2, -0.15) is 0 Å². The van der Waals surface area contributed by atoms with Gasteiger partial charge in [0.1, 0.15) is 5.75 Å². The highest BCUT2D eigenvalue weighted by molar-refractivity contribution is 7.90. The van der Waals surface area contributed by atoms with Crippen molar-refractivity contribution in [2.75, 3.05) is 30.9 Å². The van der Waals surface area contributed by atoms with Crippen molar-refractivity contribution in [2.45, 2.75) is 44.4 Å². The molecule has 1 aromatic heterocycles. The number of aryl methyl sites for hydroxylation is 1. The molecule has 0 aliphatic carbocycles. The van der Waals surface area contributed by atoms with Gasteiger partial charge in [-0.15, -0.1) is 0 Å². The Kier molecular flexibility index (Phi) is 7.11. The second-order valence-electron chi connectivity index (χ2n) is 7.93. The molecule has 0 unspecified atom stereocenters. The molecule has 0 radical (unpaired) electrons. The number of aromatic nitrogens is 2. The average Bonchev–Trinajstić information content (AvgIpc) is 2.73. The highest BCUT2D eigenvalue weighted by Gasteiger charge is 2.25. The quantitative estimate of drug-likeness (QED) is 0.651. The van der Waals surface area contributed by atoms with Crippen LogP contribution >= 0.6 is 0 Å². The molecule has 0 amide bonds. The van der Waals surface area contributed by atoms with Crippen LogP contribution in [0.3, 0.4) is 0 Å². The largest absolute Gasteiger partial charge is 0.494 e. The minimum absolute atomic E-state index is 0.318. The van der Waals surface area contributed by atoms with Crippen molar-refractivity contribution >= 4 is 15.8 Å². The molecule has 0 saturated carbocycles. The lowest BCUT2D eigenvalue weighted by atomic mass is 9.84. The number of rotatable bonds is 8. The van der Waals surface area contributed by atoms with Crippen molar-refractivity contribution in [1.29, 1.82) is 0 Å². The molecule has 1 atom stereocenters. The monoisotopic (exact) mass is 417 g/mol. The highest BCUT2D eigenvalue weighted by atomic mass is 32.2. The van der Waals surface area contributed by atoms with Crippen LogP contribution in [0, 0.1) is 11.8 Å². The molecule has 29 heavy (non-hydrogen) atoms. The van der Waals surface area contributed by atoms with E-state index >= 15 is 0 Å². The van der Waals surface area contributed by atoms with Gasteiger partial charge in [-0.1, -0.05) is 13.8 Å². The normalized spacial score (nSPS) is 16.6. The van der Waals surface area contributed by atoms with Gasteiger partial charge < -0.3 is 9.64 Å². The summed E-state index contributed by atoms with van der Waals surface area (Å²) >= 11 is 0. The van der Waals surface area contributed by atoms with Gasteiger partial charge in [0.05, 0.1) is 11.5 Å². The molecule has 7 heteroatoms. The van der Waals surface area contributed by atoms with Crippen molar-refractivity contribution in [3.8, 4) is 5.75 Å². The third-order valence-corrected chi connectivity index (χ3v) is 6.95. The molecule has 1 saturated heterocycles. The fraction of sp³-hybridized carbons (Fsp3) is 0.545. The Hall–Kier alpha value is -2.15. The lowest BCUT2D eigenvalue weighted by Crippen LogP contribution is -2.37. The Balaban J connectivity index is 1.42. The number of nitrogens with zero attached hydrogens (tertiary/aromatic N) is 3. The third-order valence-electron chi connectivity index (χ3n) is 5.82. The van der Waals surface area contributed by atoms with Crippen molar-refractivity contribution in [2.24, 2.45) is 11.8 Å². The van der Waals surface area contributed by atoms with Gasteiger partial charge in [-0.05, 0) is 67.3 Å². The maximum Gasteiger partial charge on any atom is 0.225 e. The summed E-state index contributed by atoms with van der Waals surface area (Å²) in [6, 6.07) is 6.64. The van der Waals surface area contributed by atoms with Crippen molar-refractivity contribution in [3.63, 3.8) is 0 Å². The predicted molar refractivity (Wildman–Crippen MR) is 115 cm³/mol. The van der Waals surface area contributed by atoms with Crippen LogP contribution in [0.1, 0.15) is 38.7 Å². The van der Waals surface area contributed by atoms with E-state index in [9.17, 15) is 8.42 Å². The summed E-state index contributed by atoms with van der Waals surface area (Å²) < 4.78 is 28.8.